The van der Waals surface area contributed by atoms with E-state index in [1.807, 2.05) is 14.1 Å². The average molecular weight is 241 g/mol. The van der Waals surface area contributed by atoms with Crippen molar-refractivity contribution in [2.75, 3.05) is 40.3 Å². The largest absolute Gasteiger partial charge is 0.348 e. The predicted molar refractivity (Wildman–Crippen MR) is 70.8 cm³/mol. The van der Waals surface area contributed by atoms with Gasteiger partial charge < -0.3 is 10.6 Å². The summed E-state index contributed by atoms with van der Waals surface area (Å²) in [6, 6.07) is 0. The van der Waals surface area contributed by atoms with E-state index in [1.54, 1.807) is 4.90 Å². The summed E-state index contributed by atoms with van der Waals surface area (Å²) in [6.45, 7) is 5.52. The molecular weight excluding hydrogens is 214 g/mol. The lowest BCUT2D eigenvalue weighted by molar-refractivity contribution is -0.130. The quantitative estimate of drug-likeness (QED) is 0.687. The third-order valence-electron chi connectivity index (χ3n) is 3.59. The highest BCUT2D eigenvalue weighted by Crippen LogP contribution is 2.48. The van der Waals surface area contributed by atoms with Gasteiger partial charge in [-0.2, -0.15) is 0 Å². The Balaban J connectivity index is 2.45. The van der Waals surface area contributed by atoms with E-state index in [4.69, 9.17) is 5.73 Å². The van der Waals surface area contributed by atoms with Gasteiger partial charge in [-0.3, -0.25) is 9.69 Å². The second-order valence-electron chi connectivity index (χ2n) is 5.54. The molecule has 2 N–H and O–H groups in total. The first-order valence-electron chi connectivity index (χ1n) is 6.65. The van der Waals surface area contributed by atoms with Crippen molar-refractivity contribution < 1.29 is 4.79 Å². The minimum Gasteiger partial charge on any atom is -0.348 e. The highest BCUT2D eigenvalue weighted by Gasteiger charge is 2.42. The molecule has 0 atom stereocenters. The molecule has 0 aromatic rings. The summed E-state index contributed by atoms with van der Waals surface area (Å²) in [7, 11) is 3.64. The number of hydrogen-bond acceptors (Lipinski definition) is 3. The van der Waals surface area contributed by atoms with Gasteiger partial charge >= 0.3 is 0 Å². The van der Waals surface area contributed by atoms with Gasteiger partial charge in [-0.15, -0.1) is 0 Å². The van der Waals surface area contributed by atoms with Crippen LogP contribution in [0.2, 0.25) is 0 Å². The average Bonchev–Trinajstić information content (AvgIpc) is 2.98. The summed E-state index contributed by atoms with van der Waals surface area (Å²) < 4.78 is 0. The molecule has 0 aliphatic heterocycles. The maximum atomic E-state index is 11.8. The van der Waals surface area contributed by atoms with Crippen molar-refractivity contribution in [3.63, 3.8) is 0 Å². The molecule has 1 rings (SSSR count). The third kappa shape index (κ3) is 4.64. The maximum absolute atomic E-state index is 11.8. The molecule has 1 amide bonds. The molecule has 1 fully saturated rings. The van der Waals surface area contributed by atoms with Crippen LogP contribution in [0.1, 0.15) is 32.6 Å². The molecule has 0 radical (unpaired) electrons. The van der Waals surface area contributed by atoms with Gasteiger partial charge in [-0.05, 0) is 44.2 Å². The van der Waals surface area contributed by atoms with Gasteiger partial charge in [0, 0.05) is 20.6 Å². The van der Waals surface area contributed by atoms with Crippen molar-refractivity contribution in [2.24, 2.45) is 11.1 Å². The summed E-state index contributed by atoms with van der Waals surface area (Å²) in [5.74, 6) is 0.196. The monoisotopic (exact) mass is 241 g/mol. The van der Waals surface area contributed by atoms with Gasteiger partial charge in [0.05, 0.1) is 6.54 Å². The molecule has 0 unspecified atom stereocenters. The van der Waals surface area contributed by atoms with E-state index in [0.717, 1.165) is 32.5 Å². The second kappa shape index (κ2) is 6.36. The molecule has 0 bridgehead atoms. The van der Waals surface area contributed by atoms with E-state index in [-0.39, 0.29) is 5.91 Å². The summed E-state index contributed by atoms with van der Waals surface area (Å²) in [5, 5.41) is 0. The van der Waals surface area contributed by atoms with Crippen molar-refractivity contribution in [1.82, 2.24) is 9.80 Å². The zero-order valence-corrected chi connectivity index (χ0v) is 11.5. The van der Waals surface area contributed by atoms with E-state index in [9.17, 15) is 4.79 Å². The van der Waals surface area contributed by atoms with Crippen LogP contribution >= 0.6 is 0 Å². The smallest absolute Gasteiger partial charge is 0.236 e. The molecule has 0 aromatic heterocycles. The molecule has 1 saturated carbocycles. The van der Waals surface area contributed by atoms with E-state index >= 15 is 0 Å². The summed E-state index contributed by atoms with van der Waals surface area (Å²) >= 11 is 0. The van der Waals surface area contributed by atoms with Crippen LogP contribution in [-0.4, -0.2) is 56.0 Å². The number of rotatable bonds is 8. The van der Waals surface area contributed by atoms with Crippen LogP contribution < -0.4 is 5.73 Å². The number of nitrogens with zero attached hydrogens (tertiary/aromatic N) is 2. The standard InChI is InChI=1S/C13H27N3O/c1-4-9-16(10-12(17)15(2)3)11-13(5-6-13)7-8-14/h4-11,14H2,1-3H3. The van der Waals surface area contributed by atoms with Gasteiger partial charge in [0.15, 0.2) is 0 Å². The molecule has 1 aliphatic rings. The first-order chi connectivity index (χ1) is 8.03. The molecule has 0 saturated heterocycles. The molecule has 0 aromatic carbocycles. The lowest BCUT2D eigenvalue weighted by Crippen LogP contribution is -2.40. The number of likely N-dealkylation sites (N-methyl/N-ethyl adjacent to an activating group) is 1. The normalized spacial score (nSPS) is 17.2. The Kier molecular flexibility index (Phi) is 5.40. The number of nitrogens with two attached hydrogens (primary N) is 1. The van der Waals surface area contributed by atoms with Gasteiger partial charge in [0.1, 0.15) is 0 Å². The SMILES string of the molecule is CCCN(CC(=O)N(C)C)CC1(CCN)CC1. The fourth-order valence-corrected chi connectivity index (χ4v) is 2.31. The molecule has 1 aliphatic carbocycles. The molecule has 17 heavy (non-hydrogen) atoms. The van der Waals surface area contributed by atoms with Gasteiger partial charge in [-0.1, -0.05) is 6.92 Å². The van der Waals surface area contributed by atoms with Crippen LogP contribution in [-0.2, 0) is 4.79 Å². The molecule has 4 nitrogen and oxygen atoms in total. The first-order valence-corrected chi connectivity index (χ1v) is 6.65. The van der Waals surface area contributed by atoms with Crippen LogP contribution in [0.4, 0.5) is 0 Å². The molecule has 4 heteroatoms. The summed E-state index contributed by atoms with van der Waals surface area (Å²) in [6.07, 6.45) is 4.75. The fourth-order valence-electron chi connectivity index (χ4n) is 2.31. The molecular formula is C13H27N3O. The van der Waals surface area contributed by atoms with Crippen molar-refractivity contribution in [3.05, 3.63) is 0 Å². The number of amides is 1. The van der Waals surface area contributed by atoms with Crippen LogP contribution in [0.5, 0.6) is 0 Å². The zero-order chi connectivity index (χ0) is 12.9. The Morgan fingerprint density at radius 2 is 2.00 bits per heavy atom. The Bertz CT molecular complexity index is 249. The highest BCUT2D eigenvalue weighted by atomic mass is 16.2. The maximum Gasteiger partial charge on any atom is 0.236 e. The van der Waals surface area contributed by atoms with Gasteiger partial charge in [-0.25, -0.2) is 0 Å². The molecule has 0 heterocycles. The number of hydrogen-bond donors (Lipinski definition) is 1. The number of carbonyl (C=O) groups excluding carboxylic acids is 1. The summed E-state index contributed by atoms with van der Waals surface area (Å²) in [5.41, 5.74) is 6.09. The number of carbonyl (C=O) groups is 1. The van der Waals surface area contributed by atoms with Crippen LogP contribution in [0.25, 0.3) is 0 Å². The second-order valence-corrected chi connectivity index (χ2v) is 5.54. The van der Waals surface area contributed by atoms with E-state index < -0.39 is 0 Å². The topological polar surface area (TPSA) is 49.6 Å². The fraction of sp³-hybridized carbons (Fsp3) is 0.923. The Hall–Kier alpha value is -0.610. The van der Waals surface area contributed by atoms with Crippen molar-refractivity contribution in [3.8, 4) is 0 Å². The lowest BCUT2D eigenvalue weighted by Gasteiger charge is -2.27. The lowest BCUT2D eigenvalue weighted by atomic mass is 10.0. The molecule has 100 valence electrons. The minimum atomic E-state index is 0.196. The van der Waals surface area contributed by atoms with Crippen LogP contribution in [0.3, 0.4) is 0 Å². The molecule has 0 spiro atoms. The van der Waals surface area contributed by atoms with Crippen LogP contribution in [0.15, 0.2) is 0 Å². The Morgan fingerprint density at radius 3 is 2.41 bits per heavy atom. The minimum absolute atomic E-state index is 0.196. The van der Waals surface area contributed by atoms with Crippen molar-refractivity contribution in [2.45, 2.75) is 32.6 Å². The highest BCUT2D eigenvalue weighted by molar-refractivity contribution is 5.77. The van der Waals surface area contributed by atoms with Gasteiger partial charge in [0.2, 0.25) is 5.91 Å². The van der Waals surface area contributed by atoms with E-state index in [0.29, 0.717) is 12.0 Å². The first kappa shape index (κ1) is 14.5. The zero-order valence-electron chi connectivity index (χ0n) is 11.5. The van der Waals surface area contributed by atoms with E-state index in [1.165, 1.54) is 12.8 Å². The van der Waals surface area contributed by atoms with Crippen LogP contribution in [0, 0.1) is 5.41 Å². The van der Waals surface area contributed by atoms with Crippen molar-refractivity contribution >= 4 is 5.91 Å². The Labute approximate surface area is 105 Å². The Morgan fingerprint density at radius 1 is 1.35 bits per heavy atom. The third-order valence-corrected chi connectivity index (χ3v) is 3.59. The van der Waals surface area contributed by atoms with Crippen molar-refractivity contribution in [1.29, 1.82) is 0 Å². The summed E-state index contributed by atoms with van der Waals surface area (Å²) in [4.78, 5) is 15.7. The van der Waals surface area contributed by atoms with Gasteiger partial charge in [0.25, 0.3) is 0 Å². The van der Waals surface area contributed by atoms with E-state index in [2.05, 4.69) is 11.8 Å². The predicted octanol–water partition coefficient (Wildman–Crippen LogP) is 0.916.